The third-order valence-corrected chi connectivity index (χ3v) is 8.15. The zero-order valence-electron chi connectivity index (χ0n) is 25.5. The van der Waals surface area contributed by atoms with Gasteiger partial charge in [0.15, 0.2) is 0 Å². The van der Waals surface area contributed by atoms with Crippen LogP contribution >= 0.6 is 0 Å². The smallest absolute Gasteiger partial charge is 0.309 e. The molecule has 220 valence electrons. The van der Waals surface area contributed by atoms with E-state index in [2.05, 4.69) is 34.6 Å². The van der Waals surface area contributed by atoms with Gasteiger partial charge in [0.2, 0.25) is 0 Å². The van der Waals surface area contributed by atoms with Crippen LogP contribution in [-0.2, 0) is 9.59 Å². The Balaban J connectivity index is 4.45. The molecule has 0 bridgehead atoms. The third-order valence-electron chi connectivity index (χ3n) is 8.15. The van der Waals surface area contributed by atoms with Crippen LogP contribution in [0.3, 0.4) is 0 Å². The van der Waals surface area contributed by atoms with Gasteiger partial charge in [0.25, 0.3) is 0 Å². The lowest BCUT2D eigenvalue weighted by Gasteiger charge is -2.32. The Morgan fingerprint density at radius 2 is 0.919 bits per heavy atom. The van der Waals surface area contributed by atoms with Gasteiger partial charge in [-0.25, -0.2) is 0 Å². The summed E-state index contributed by atoms with van der Waals surface area (Å²) in [5.41, 5.74) is -0.532. The van der Waals surface area contributed by atoms with Crippen LogP contribution in [0.4, 0.5) is 0 Å². The van der Waals surface area contributed by atoms with E-state index in [1.807, 2.05) is 0 Å². The van der Waals surface area contributed by atoms with Crippen molar-refractivity contribution in [3.05, 3.63) is 0 Å². The van der Waals surface area contributed by atoms with Gasteiger partial charge in [-0.2, -0.15) is 0 Å². The second kappa shape index (κ2) is 22.9. The van der Waals surface area contributed by atoms with Gasteiger partial charge in [0.05, 0.1) is 5.41 Å². The van der Waals surface area contributed by atoms with Gasteiger partial charge in [0, 0.05) is 6.42 Å². The fourth-order valence-corrected chi connectivity index (χ4v) is 5.79. The molecule has 37 heavy (non-hydrogen) atoms. The number of hydrogen-bond acceptors (Lipinski definition) is 2. The molecule has 0 amide bonds. The molecule has 0 aromatic heterocycles. The van der Waals surface area contributed by atoms with Crippen LogP contribution in [-0.4, -0.2) is 22.2 Å². The lowest BCUT2D eigenvalue weighted by atomic mass is 9.71. The van der Waals surface area contributed by atoms with Gasteiger partial charge < -0.3 is 10.2 Å². The highest BCUT2D eigenvalue weighted by molar-refractivity contribution is 5.74. The van der Waals surface area contributed by atoms with Crippen molar-refractivity contribution in [2.45, 2.75) is 176 Å². The SMILES string of the molecule is CC(C)CCCCCC(CCCCCC(C)C)(CC(C)CCCCCCCCCCCC(=O)O)C(=O)O. The Morgan fingerprint density at radius 1 is 0.541 bits per heavy atom. The van der Waals surface area contributed by atoms with E-state index in [9.17, 15) is 14.7 Å². The molecule has 0 aromatic rings. The van der Waals surface area contributed by atoms with Gasteiger partial charge in [-0.1, -0.05) is 144 Å². The highest BCUT2D eigenvalue weighted by Crippen LogP contribution is 2.40. The normalized spacial score (nSPS) is 12.9. The molecule has 0 aliphatic carbocycles. The minimum Gasteiger partial charge on any atom is -0.481 e. The summed E-state index contributed by atoms with van der Waals surface area (Å²) in [5, 5.41) is 19.1. The van der Waals surface area contributed by atoms with E-state index in [0.717, 1.165) is 82.5 Å². The fourth-order valence-electron chi connectivity index (χ4n) is 5.79. The van der Waals surface area contributed by atoms with E-state index in [-0.39, 0.29) is 0 Å². The van der Waals surface area contributed by atoms with Gasteiger partial charge >= 0.3 is 11.9 Å². The zero-order valence-corrected chi connectivity index (χ0v) is 25.5. The van der Waals surface area contributed by atoms with Crippen LogP contribution in [0.15, 0.2) is 0 Å². The van der Waals surface area contributed by atoms with E-state index in [0.29, 0.717) is 12.3 Å². The average molecular weight is 525 g/mol. The number of rotatable bonds is 27. The summed E-state index contributed by atoms with van der Waals surface area (Å²) in [7, 11) is 0. The molecule has 1 atom stereocenters. The van der Waals surface area contributed by atoms with E-state index < -0.39 is 17.4 Å². The topological polar surface area (TPSA) is 74.6 Å². The number of unbranched alkanes of at least 4 members (excludes halogenated alkanes) is 12. The predicted molar refractivity (Wildman–Crippen MR) is 158 cm³/mol. The quantitative estimate of drug-likeness (QED) is 0.105. The second-order valence-corrected chi connectivity index (χ2v) is 13.0. The first-order chi connectivity index (χ1) is 17.6. The molecule has 0 aliphatic heterocycles. The van der Waals surface area contributed by atoms with Crippen molar-refractivity contribution in [3.63, 3.8) is 0 Å². The molecule has 0 aliphatic rings. The summed E-state index contributed by atoms with van der Waals surface area (Å²) in [5.74, 6) is 0.702. The third kappa shape index (κ3) is 21.6. The van der Waals surface area contributed by atoms with Crippen LogP contribution in [0.2, 0.25) is 0 Å². The fraction of sp³-hybridized carbons (Fsp3) is 0.939. The van der Waals surface area contributed by atoms with Gasteiger partial charge in [-0.3, -0.25) is 9.59 Å². The minimum atomic E-state index is -0.682. The van der Waals surface area contributed by atoms with Gasteiger partial charge in [-0.15, -0.1) is 0 Å². The van der Waals surface area contributed by atoms with Crippen molar-refractivity contribution in [1.29, 1.82) is 0 Å². The Hall–Kier alpha value is -1.06. The monoisotopic (exact) mass is 524 g/mol. The molecule has 0 heterocycles. The lowest BCUT2D eigenvalue weighted by Crippen LogP contribution is -2.33. The number of carboxylic acid groups (broad SMARTS) is 2. The molecule has 4 heteroatoms. The van der Waals surface area contributed by atoms with Gasteiger partial charge in [0.1, 0.15) is 0 Å². The first-order valence-corrected chi connectivity index (χ1v) is 16.0. The molecule has 0 saturated carbocycles. The molecule has 0 spiro atoms. The van der Waals surface area contributed by atoms with Crippen molar-refractivity contribution in [1.82, 2.24) is 0 Å². The number of hydrogen-bond donors (Lipinski definition) is 2. The molecule has 0 aromatic carbocycles. The van der Waals surface area contributed by atoms with Crippen molar-refractivity contribution in [2.24, 2.45) is 23.2 Å². The molecule has 1 unspecified atom stereocenters. The van der Waals surface area contributed by atoms with E-state index in [4.69, 9.17) is 5.11 Å². The Labute approximate surface area is 230 Å². The minimum absolute atomic E-state index is 0.303. The molecule has 4 nitrogen and oxygen atoms in total. The maximum atomic E-state index is 12.6. The van der Waals surface area contributed by atoms with Crippen molar-refractivity contribution >= 4 is 11.9 Å². The summed E-state index contributed by atoms with van der Waals surface area (Å²) in [6, 6.07) is 0. The molecule has 0 radical (unpaired) electrons. The van der Waals surface area contributed by atoms with Crippen molar-refractivity contribution in [2.75, 3.05) is 0 Å². The first-order valence-electron chi connectivity index (χ1n) is 16.0. The molecule has 0 saturated heterocycles. The standard InChI is InChI=1S/C33H64O4/c1-28(2)21-15-13-19-25-33(32(36)37,26-20-14-16-22-29(3)4)27-30(5)23-17-11-9-7-6-8-10-12-18-24-31(34)35/h28-30H,6-27H2,1-5H3,(H,34,35)(H,36,37). The molecular formula is C33H64O4. The summed E-state index contributed by atoms with van der Waals surface area (Å²) in [6.07, 6.45) is 23.8. The first kappa shape index (κ1) is 35.9. The van der Waals surface area contributed by atoms with Crippen molar-refractivity contribution in [3.8, 4) is 0 Å². The number of carboxylic acids is 2. The summed E-state index contributed by atoms with van der Waals surface area (Å²) in [6.45, 7) is 11.4. The zero-order chi connectivity index (χ0) is 27.9. The lowest BCUT2D eigenvalue weighted by molar-refractivity contribution is -0.151. The molecule has 2 N–H and O–H groups in total. The van der Waals surface area contributed by atoms with E-state index in [1.54, 1.807) is 0 Å². The summed E-state index contributed by atoms with van der Waals surface area (Å²) < 4.78 is 0. The molecule has 0 rings (SSSR count). The highest BCUT2D eigenvalue weighted by atomic mass is 16.4. The largest absolute Gasteiger partial charge is 0.481 e. The van der Waals surface area contributed by atoms with Crippen LogP contribution in [0.1, 0.15) is 176 Å². The van der Waals surface area contributed by atoms with Crippen molar-refractivity contribution < 1.29 is 19.8 Å². The average Bonchev–Trinajstić information content (AvgIpc) is 2.81. The maximum Gasteiger partial charge on any atom is 0.309 e. The van der Waals surface area contributed by atoms with E-state index >= 15 is 0 Å². The van der Waals surface area contributed by atoms with Crippen LogP contribution in [0.5, 0.6) is 0 Å². The predicted octanol–water partition coefficient (Wildman–Crippen LogP) is 10.7. The Bertz CT molecular complexity index is 537. The summed E-state index contributed by atoms with van der Waals surface area (Å²) >= 11 is 0. The van der Waals surface area contributed by atoms with E-state index in [1.165, 1.54) is 64.2 Å². The van der Waals surface area contributed by atoms with Crippen LogP contribution in [0, 0.1) is 23.2 Å². The van der Waals surface area contributed by atoms with Gasteiger partial charge in [-0.05, 0) is 43.4 Å². The Kier molecular flexibility index (Phi) is 22.2. The number of aliphatic carboxylic acids is 2. The second-order valence-electron chi connectivity index (χ2n) is 13.0. The molecule has 0 fully saturated rings. The summed E-state index contributed by atoms with van der Waals surface area (Å²) in [4.78, 5) is 23.2. The Morgan fingerprint density at radius 3 is 1.32 bits per heavy atom. The molecular weight excluding hydrogens is 460 g/mol. The van der Waals surface area contributed by atoms with Crippen LogP contribution in [0.25, 0.3) is 0 Å². The number of carbonyl (C=O) groups is 2. The maximum absolute atomic E-state index is 12.6. The highest BCUT2D eigenvalue weighted by Gasteiger charge is 2.38. The van der Waals surface area contributed by atoms with Crippen LogP contribution < -0.4 is 0 Å².